The van der Waals surface area contributed by atoms with Gasteiger partial charge in [0.1, 0.15) is 10.3 Å². The van der Waals surface area contributed by atoms with Gasteiger partial charge in [0.15, 0.2) is 4.80 Å². The van der Waals surface area contributed by atoms with Crippen LogP contribution in [-0.4, -0.2) is 35.8 Å². The molecule has 2 aromatic heterocycles. The predicted octanol–water partition coefficient (Wildman–Crippen LogP) is 3.80. The number of hydrogen-bond donors (Lipinski definition) is 0. The van der Waals surface area contributed by atoms with E-state index in [9.17, 15) is 13.2 Å². The molecule has 31 heavy (non-hydrogen) atoms. The van der Waals surface area contributed by atoms with E-state index in [0.29, 0.717) is 30.1 Å². The lowest BCUT2D eigenvalue weighted by Crippen LogP contribution is -2.40. The van der Waals surface area contributed by atoms with E-state index in [4.69, 9.17) is 6.42 Å². The van der Waals surface area contributed by atoms with Crippen LogP contribution in [0, 0.1) is 12.3 Å². The maximum atomic E-state index is 13.1. The molecule has 0 bridgehead atoms. The lowest BCUT2D eigenvalue weighted by Gasteiger charge is -2.20. The van der Waals surface area contributed by atoms with Crippen LogP contribution in [0.4, 0.5) is 0 Å². The van der Waals surface area contributed by atoms with Crippen LogP contribution in [0.3, 0.4) is 0 Å². The van der Waals surface area contributed by atoms with Crippen molar-refractivity contribution in [2.24, 2.45) is 4.99 Å². The Morgan fingerprint density at radius 3 is 2.84 bits per heavy atom. The Hall–Kier alpha value is -2.25. The molecule has 1 fully saturated rings. The van der Waals surface area contributed by atoms with Gasteiger partial charge in [-0.15, -0.1) is 17.8 Å². The van der Waals surface area contributed by atoms with Crippen molar-refractivity contribution < 1.29 is 13.2 Å². The molecule has 1 aromatic carbocycles. The lowest BCUT2D eigenvalue weighted by atomic mass is 10.0. The van der Waals surface area contributed by atoms with E-state index in [2.05, 4.69) is 36.9 Å². The Balaban J connectivity index is 1.74. The number of carbonyl (C=O) groups is 1. The zero-order valence-corrected chi connectivity index (χ0v) is 19.8. The highest BCUT2D eigenvalue weighted by Crippen LogP contribution is 2.29. The minimum atomic E-state index is -3.71. The molecule has 9 heteroatoms. The molecule has 162 valence electrons. The second-order valence-corrected chi connectivity index (χ2v) is 11.8. The highest BCUT2D eigenvalue weighted by molar-refractivity contribution is 7.91. The van der Waals surface area contributed by atoms with Gasteiger partial charge in [0.05, 0.1) is 16.8 Å². The third-order valence-corrected chi connectivity index (χ3v) is 9.70. The molecule has 0 saturated carbocycles. The van der Waals surface area contributed by atoms with Crippen LogP contribution >= 0.6 is 22.7 Å². The highest BCUT2D eigenvalue weighted by Gasteiger charge is 2.39. The van der Waals surface area contributed by atoms with Gasteiger partial charge in [-0.25, -0.2) is 8.42 Å². The van der Waals surface area contributed by atoms with Crippen molar-refractivity contribution in [3.05, 3.63) is 46.1 Å². The first kappa shape index (κ1) is 22.0. The Morgan fingerprint density at radius 2 is 2.16 bits per heavy atom. The summed E-state index contributed by atoms with van der Waals surface area (Å²) in [5.74, 6) is 2.56. The Kier molecular flexibility index (Phi) is 6.17. The number of sulfonamides is 1. The van der Waals surface area contributed by atoms with Crippen LogP contribution in [0.25, 0.3) is 10.2 Å². The molecule has 0 radical (unpaired) electrons. The van der Waals surface area contributed by atoms with E-state index < -0.39 is 22.0 Å². The van der Waals surface area contributed by atoms with Crippen molar-refractivity contribution in [2.45, 2.75) is 49.4 Å². The maximum Gasteiger partial charge on any atom is 0.266 e. The van der Waals surface area contributed by atoms with Crippen LogP contribution in [0.2, 0.25) is 0 Å². The van der Waals surface area contributed by atoms with E-state index in [1.165, 1.54) is 21.2 Å². The zero-order valence-electron chi connectivity index (χ0n) is 17.3. The second kappa shape index (κ2) is 8.71. The maximum absolute atomic E-state index is 13.1. The highest BCUT2D eigenvalue weighted by atomic mass is 32.2. The van der Waals surface area contributed by atoms with Crippen LogP contribution in [0.15, 0.2) is 44.9 Å². The predicted molar refractivity (Wildman–Crippen MR) is 125 cm³/mol. The fourth-order valence-corrected chi connectivity index (χ4v) is 7.60. The molecular weight excluding hydrogens is 450 g/mol. The number of terminal acetylenes is 1. The number of hydrogen-bond acceptors (Lipinski definition) is 5. The number of amides is 1. The summed E-state index contributed by atoms with van der Waals surface area (Å²) in [6.45, 7) is 4.86. The number of thiazole rings is 1. The van der Waals surface area contributed by atoms with Crippen LogP contribution < -0.4 is 4.80 Å². The first-order chi connectivity index (χ1) is 14.8. The fraction of sp³-hybridized carbons (Fsp3) is 0.364. The molecule has 6 nitrogen and oxygen atoms in total. The van der Waals surface area contributed by atoms with Gasteiger partial charge in [-0.3, -0.25) is 4.79 Å². The summed E-state index contributed by atoms with van der Waals surface area (Å²) in [5.41, 5.74) is 2.12. The molecule has 3 heterocycles. The van der Waals surface area contributed by atoms with E-state index in [0.717, 1.165) is 21.6 Å². The van der Waals surface area contributed by atoms with E-state index in [-0.39, 0.29) is 10.8 Å². The monoisotopic (exact) mass is 473 g/mol. The number of thiophene rings is 1. The molecular formula is C22H23N3O3S3. The third-order valence-electron chi connectivity index (χ3n) is 5.38. The summed E-state index contributed by atoms with van der Waals surface area (Å²) in [7, 11) is -3.71. The fourth-order valence-electron chi connectivity index (χ4n) is 3.75. The minimum Gasteiger partial charge on any atom is -0.305 e. The minimum absolute atomic E-state index is 0.248. The van der Waals surface area contributed by atoms with E-state index >= 15 is 0 Å². The van der Waals surface area contributed by atoms with Gasteiger partial charge in [-0.2, -0.15) is 9.30 Å². The van der Waals surface area contributed by atoms with Crippen LogP contribution in [0.1, 0.15) is 38.2 Å². The third kappa shape index (κ3) is 4.13. The van der Waals surface area contributed by atoms with Gasteiger partial charge in [0.2, 0.25) is 0 Å². The average molecular weight is 474 g/mol. The van der Waals surface area contributed by atoms with Crippen molar-refractivity contribution in [1.82, 2.24) is 8.87 Å². The number of aromatic nitrogens is 1. The number of carbonyl (C=O) groups excluding carboxylic acids is 1. The van der Waals surface area contributed by atoms with Crippen molar-refractivity contribution >= 4 is 48.8 Å². The average Bonchev–Trinajstić information content (AvgIpc) is 3.48. The summed E-state index contributed by atoms with van der Waals surface area (Å²) in [6, 6.07) is 8.64. The van der Waals surface area contributed by atoms with Gasteiger partial charge >= 0.3 is 0 Å². The molecule has 0 N–H and O–H groups in total. The molecule has 0 spiro atoms. The van der Waals surface area contributed by atoms with Crippen molar-refractivity contribution in [3.8, 4) is 12.3 Å². The number of rotatable bonds is 5. The van der Waals surface area contributed by atoms with Gasteiger partial charge < -0.3 is 4.57 Å². The molecule has 0 aliphatic carbocycles. The Morgan fingerprint density at radius 1 is 1.35 bits per heavy atom. The van der Waals surface area contributed by atoms with Gasteiger partial charge in [-0.1, -0.05) is 43.2 Å². The first-order valence-corrected chi connectivity index (χ1v) is 13.2. The SMILES string of the molecule is C#CCn1c(=NC(=O)C2CCCN2S(=O)(=O)c2cccs2)sc2cc(C(C)C)ccc21. The number of nitrogens with zero attached hydrogens (tertiary/aromatic N) is 3. The second-order valence-electron chi connectivity index (χ2n) is 7.71. The standard InChI is InChI=1S/C22H23N3O3S3/c1-4-11-24-17-10-9-16(15(2)3)14-19(17)30-22(24)23-21(26)18-7-5-12-25(18)31(27,28)20-8-6-13-29-20/h1,6,8-10,13-15,18H,5,7,11-12H2,2-3H3. The van der Waals surface area contributed by atoms with Crippen LogP contribution in [0.5, 0.6) is 0 Å². The van der Waals surface area contributed by atoms with E-state index in [1.54, 1.807) is 17.5 Å². The molecule has 1 saturated heterocycles. The largest absolute Gasteiger partial charge is 0.305 e. The normalized spacial score (nSPS) is 18.1. The topological polar surface area (TPSA) is 71.7 Å². The zero-order chi connectivity index (χ0) is 22.2. The molecule has 1 aliphatic heterocycles. The van der Waals surface area contributed by atoms with Crippen LogP contribution in [-0.2, 0) is 21.4 Å². The van der Waals surface area contributed by atoms with Crippen molar-refractivity contribution in [3.63, 3.8) is 0 Å². The molecule has 1 atom stereocenters. The summed E-state index contributed by atoms with van der Waals surface area (Å²) < 4.78 is 30.4. The van der Waals surface area contributed by atoms with Crippen molar-refractivity contribution in [2.75, 3.05) is 6.54 Å². The Labute approximate surface area is 189 Å². The van der Waals surface area contributed by atoms with Gasteiger partial charge in [-0.05, 0) is 47.9 Å². The van der Waals surface area contributed by atoms with Gasteiger partial charge in [0.25, 0.3) is 15.9 Å². The smallest absolute Gasteiger partial charge is 0.266 e. The number of fused-ring (bicyclic) bond motifs is 1. The van der Waals surface area contributed by atoms with E-state index in [1.807, 2.05) is 10.6 Å². The van der Waals surface area contributed by atoms with Crippen molar-refractivity contribution in [1.29, 1.82) is 0 Å². The lowest BCUT2D eigenvalue weighted by molar-refractivity contribution is -0.121. The summed E-state index contributed by atoms with van der Waals surface area (Å²) >= 11 is 2.56. The molecule has 4 rings (SSSR count). The number of benzene rings is 1. The summed E-state index contributed by atoms with van der Waals surface area (Å²) in [4.78, 5) is 18.0. The summed E-state index contributed by atoms with van der Waals surface area (Å²) in [6.07, 6.45) is 6.66. The summed E-state index contributed by atoms with van der Waals surface area (Å²) in [5, 5.41) is 1.72. The van der Waals surface area contributed by atoms with Gasteiger partial charge in [0, 0.05) is 6.54 Å². The quantitative estimate of drug-likeness (QED) is 0.529. The molecule has 1 amide bonds. The molecule has 1 aliphatic rings. The molecule has 3 aromatic rings. The Bertz CT molecular complexity index is 1330. The molecule has 1 unspecified atom stereocenters. The first-order valence-electron chi connectivity index (χ1n) is 10.0.